The predicted molar refractivity (Wildman–Crippen MR) is 57.2 cm³/mol. The molecule has 15 heavy (non-hydrogen) atoms. The summed E-state index contributed by atoms with van der Waals surface area (Å²) in [6.45, 7) is 0. The minimum atomic E-state index is -4.29. The summed E-state index contributed by atoms with van der Waals surface area (Å²) in [4.78, 5) is 18.3. The van der Waals surface area contributed by atoms with Gasteiger partial charge < -0.3 is 20.6 Å². The lowest BCUT2D eigenvalue weighted by atomic mass is 9.95. The normalized spacial score (nSPS) is 24.5. The van der Waals surface area contributed by atoms with E-state index in [1.807, 2.05) is 0 Å². The summed E-state index contributed by atoms with van der Waals surface area (Å²) >= 11 is 0. The van der Waals surface area contributed by atoms with E-state index in [4.69, 9.17) is 15.5 Å². The molecule has 0 saturated heterocycles. The number of hydrogen-bond donors (Lipinski definition) is 4. The molecule has 1 fully saturated rings. The van der Waals surface area contributed by atoms with Crippen LogP contribution in [0, 0.1) is 5.92 Å². The van der Waals surface area contributed by atoms with Crippen molar-refractivity contribution in [2.75, 3.05) is 0 Å². The number of hydrogen-bond acceptors (Lipinski definition) is 3. The van der Waals surface area contributed by atoms with E-state index >= 15 is 0 Å². The van der Waals surface area contributed by atoms with Gasteiger partial charge in [-0.25, -0.2) is 0 Å². The zero-order valence-electron chi connectivity index (χ0n) is 8.75. The van der Waals surface area contributed by atoms with Gasteiger partial charge in [-0.1, -0.05) is 25.7 Å². The lowest BCUT2D eigenvalue weighted by Gasteiger charge is -2.28. The van der Waals surface area contributed by atoms with E-state index in [9.17, 15) is 9.67 Å². The first kappa shape index (κ1) is 13.1. The Kier molecular flexibility index (Phi) is 4.74. The van der Waals surface area contributed by atoms with Crippen LogP contribution in [0.2, 0.25) is 0 Å². The van der Waals surface area contributed by atoms with Crippen molar-refractivity contribution in [2.45, 2.75) is 50.4 Å². The summed E-state index contributed by atoms with van der Waals surface area (Å²) in [5.41, 5.74) is 4.18. The summed E-state index contributed by atoms with van der Waals surface area (Å²) in [6.07, 6.45) is 4.22. The van der Waals surface area contributed by atoms with E-state index in [0.717, 1.165) is 38.5 Å². The zero-order valence-corrected chi connectivity index (χ0v) is 9.64. The van der Waals surface area contributed by atoms with Crippen LogP contribution in [-0.2, 0) is 4.57 Å². The third-order valence-electron chi connectivity index (χ3n) is 3.12. The molecular weight excluding hydrogens is 217 g/mol. The Balaban J connectivity index is 2.74. The van der Waals surface area contributed by atoms with Gasteiger partial charge in [0.25, 0.3) is 0 Å². The Bertz CT molecular complexity index is 232. The first-order chi connectivity index (χ1) is 6.93. The maximum absolute atomic E-state index is 11.2. The lowest BCUT2D eigenvalue weighted by Crippen LogP contribution is -2.39. The van der Waals surface area contributed by atoms with Crippen LogP contribution in [0.25, 0.3) is 0 Å². The Hall–Kier alpha value is 0.0700. The molecular formula is C9H20NO4P. The molecule has 6 heteroatoms. The van der Waals surface area contributed by atoms with Gasteiger partial charge in [0, 0.05) is 0 Å². The fourth-order valence-corrected chi connectivity index (χ4v) is 3.65. The van der Waals surface area contributed by atoms with E-state index < -0.39 is 19.5 Å². The molecule has 2 atom stereocenters. The zero-order chi connectivity index (χ0) is 11.5. The van der Waals surface area contributed by atoms with Gasteiger partial charge in [-0.2, -0.15) is 0 Å². The van der Waals surface area contributed by atoms with Gasteiger partial charge in [0.1, 0.15) is 11.9 Å². The Morgan fingerprint density at radius 3 is 1.93 bits per heavy atom. The van der Waals surface area contributed by atoms with Crippen LogP contribution in [0.3, 0.4) is 0 Å². The van der Waals surface area contributed by atoms with Crippen molar-refractivity contribution in [3.63, 3.8) is 0 Å². The van der Waals surface area contributed by atoms with Crippen molar-refractivity contribution in [2.24, 2.45) is 11.7 Å². The molecule has 1 saturated carbocycles. The fraction of sp³-hybridized carbons (Fsp3) is 1.00. The van der Waals surface area contributed by atoms with Crippen molar-refractivity contribution in [1.29, 1.82) is 0 Å². The summed E-state index contributed by atoms with van der Waals surface area (Å²) in [5.74, 6) is -0.145. The first-order valence-electron chi connectivity index (χ1n) is 5.42. The van der Waals surface area contributed by atoms with Gasteiger partial charge in [-0.05, 0) is 18.8 Å². The van der Waals surface area contributed by atoms with Crippen LogP contribution >= 0.6 is 7.60 Å². The molecule has 0 aliphatic heterocycles. The van der Waals surface area contributed by atoms with Gasteiger partial charge in [0.15, 0.2) is 0 Å². The molecule has 0 aromatic rings. The van der Waals surface area contributed by atoms with E-state index in [-0.39, 0.29) is 5.92 Å². The molecule has 90 valence electrons. The molecule has 5 nitrogen and oxygen atoms in total. The molecule has 5 N–H and O–H groups in total. The molecule has 1 aliphatic rings. The van der Waals surface area contributed by atoms with Crippen LogP contribution in [0.5, 0.6) is 0 Å². The smallest absolute Gasteiger partial charge is 0.332 e. The summed E-state index contributed by atoms with van der Waals surface area (Å²) in [6, 6.07) is 0. The second kappa shape index (κ2) is 5.41. The highest BCUT2D eigenvalue weighted by atomic mass is 31.2. The largest absolute Gasteiger partial charge is 0.378 e. The number of rotatable bonds is 3. The van der Waals surface area contributed by atoms with E-state index in [1.165, 1.54) is 0 Å². The Morgan fingerprint density at radius 2 is 1.60 bits per heavy atom. The predicted octanol–water partition coefficient (Wildman–Crippen LogP) is 0.780. The van der Waals surface area contributed by atoms with Gasteiger partial charge in [-0.15, -0.1) is 0 Å². The van der Waals surface area contributed by atoms with Crippen LogP contribution in [0.4, 0.5) is 0 Å². The highest BCUT2D eigenvalue weighted by molar-refractivity contribution is 7.52. The lowest BCUT2D eigenvalue weighted by molar-refractivity contribution is 0.133. The number of aliphatic hydroxyl groups excluding tert-OH is 1. The quantitative estimate of drug-likeness (QED) is 0.330. The summed E-state index contributed by atoms with van der Waals surface area (Å²) < 4.78 is 11.2. The molecule has 0 aromatic carbocycles. The van der Waals surface area contributed by atoms with Gasteiger partial charge in [0.2, 0.25) is 0 Å². The number of nitrogens with two attached hydrogens (primary N) is 1. The number of aliphatic hydroxyl groups is 1. The molecule has 0 spiro atoms. The van der Waals surface area contributed by atoms with Crippen LogP contribution in [0.1, 0.15) is 38.5 Å². The monoisotopic (exact) mass is 237 g/mol. The summed E-state index contributed by atoms with van der Waals surface area (Å²) in [5, 5.41) is 9.28. The standard InChI is InChI=1S/C9H20NO4P/c10-9(11)8(15(12,13)14)7-5-3-1-2-4-6-7/h7-9,11H,1-6,10H2,(H2,12,13,14). The minimum absolute atomic E-state index is 0.145. The van der Waals surface area contributed by atoms with Crippen LogP contribution in [-0.4, -0.2) is 26.8 Å². The molecule has 0 aromatic heterocycles. The van der Waals surface area contributed by atoms with E-state index in [1.54, 1.807) is 0 Å². The van der Waals surface area contributed by atoms with Crippen molar-refractivity contribution in [3.05, 3.63) is 0 Å². The van der Waals surface area contributed by atoms with Crippen LogP contribution in [0.15, 0.2) is 0 Å². The maximum atomic E-state index is 11.2. The third-order valence-corrected chi connectivity index (χ3v) is 4.62. The van der Waals surface area contributed by atoms with Crippen molar-refractivity contribution in [1.82, 2.24) is 0 Å². The molecule has 0 radical (unpaired) electrons. The topological polar surface area (TPSA) is 104 Å². The average Bonchev–Trinajstić information content (AvgIpc) is 2.29. The Labute approximate surface area is 89.8 Å². The highest BCUT2D eigenvalue weighted by Crippen LogP contribution is 2.49. The van der Waals surface area contributed by atoms with Crippen molar-refractivity contribution >= 4 is 7.60 Å². The average molecular weight is 237 g/mol. The molecule has 1 aliphatic carbocycles. The SMILES string of the molecule is NC(O)C(C1CCCCCC1)P(=O)(O)O. The highest BCUT2D eigenvalue weighted by Gasteiger charge is 2.39. The molecule has 1 rings (SSSR count). The van der Waals surface area contributed by atoms with Crippen molar-refractivity contribution < 1.29 is 19.5 Å². The second-order valence-corrected chi connectivity index (χ2v) is 6.10. The first-order valence-corrected chi connectivity index (χ1v) is 7.10. The molecule has 2 unspecified atom stereocenters. The summed E-state index contributed by atoms with van der Waals surface area (Å²) in [7, 11) is -4.29. The minimum Gasteiger partial charge on any atom is -0.378 e. The third kappa shape index (κ3) is 3.85. The molecule has 0 heterocycles. The maximum Gasteiger partial charge on any atom is 0.332 e. The van der Waals surface area contributed by atoms with Gasteiger partial charge in [-0.3, -0.25) is 4.57 Å². The fourth-order valence-electron chi connectivity index (χ4n) is 2.40. The van der Waals surface area contributed by atoms with Crippen molar-refractivity contribution in [3.8, 4) is 0 Å². The van der Waals surface area contributed by atoms with Crippen LogP contribution < -0.4 is 5.73 Å². The second-order valence-electron chi connectivity index (χ2n) is 4.32. The van der Waals surface area contributed by atoms with E-state index in [2.05, 4.69) is 0 Å². The molecule has 0 amide bonds. The van der Waals surface area contributed by atoms with Gasteiger partial charge >= 0.3 is 7.60 Å². The molecule has 0 bridgehead atoms. The van der Waals surface area contributed by atoms with E-state index in [0.29, 0.717) is 0 Å². The Morgan fingerprint density at radius 1 is 1.13 bits per heavy atom. The van der Waals surface area contributed by atoms with Gasteiger partial charge in [0.05, 0.1) is 0 Å².